The summed E-state index contributed by atoms with van der Waals surface area (Å²) in [6, 6.07) is 0. The molecule has 1 rings (SSSR count). The number of aliphatic hydroxyl groups is 2. The molecule has 0 aliphatic carbocycles. The Morgan fingerprint density at radius 3 is 1.60 bits per heavy atom. The average Bonchev–Trinajstić information content (AvgIpc) is 2.52. The van der Waals surface area contributed by atoms with E-state index in [0.29, 0.717) is 0 Å². The molecule has 90 valence electrons. The first-order chi connectivity index (χ1) is 6.91. The van der Waals surface area contributed by atoms with Crippen LogP contribution in [0.15, 0.2) is 0 Å². The molecule has 0 aromatic heterocycles. The summed E-state index contributed by atoms with van der Waals surface area (Å²) in [6.07, 6.45) is -0.292. The Bertz CT molecular complexity index is 185. The molecule has 0 unspecified atom stereocenters. The predicted molar refractivity (Wildman–Crippen MR) is 56.3 cm³/mol. The minimum Gasteiger partial charge on any atom is -0.396 e. The normalized spacial score (nSPS) is 34.0. The molecule has 2 N–H and O–H groups in total. The highest BCUT2D eigenvalue weighted by Crippen LogP contribution is 2.35. The van der Waals surface area contributed by atoms with Crippen LogP contribution < -0.4 is 0 Å². The molecule has 15 heavy (non-hydrogen) atoms. The zero-order chi connectivity index (χ0) is 11.6. The van der Waals surface area contributed by atoms with Gasteiger partial charge in [0.2, 0.25) is 0 Å². The van der Waals surface area contributed by atoms with Crippen LogP contribution in [0.1, 0.15) is 27.7 Å². The largest absolute Gasteiger partial charge is 0.396 e. The van der Waals surface area contributed by atoms with Crippen LogP contribution in [-0.4, -0.2) is 41.4 Å². The van der Waals surface area contributed by atoms with Crippen LogP contribution in [0.4, 0.5) is 0 Å². The molecule has 4 nitrogen and oxygen atoms in total. The summed E-state index contributed by atoms with van der Waals surface area (Å²) in [5.74, 6) is -0.584. The third kappa shape index (κ3) is 2.91. The summed E-state index contributed by atoms with van der Waals surface area (Å²) in [6.45, 7) is 7.69. The molecule has 0 bridgehead atoms. The molecule has 1 saturated heterocycles. The van der Waals surface area contributed by atoms with E-state index in [9.17, 15) is 0 Å². The summed E-state index contributed by atoms with van der Waals surface area (Å²) in [5.41, 5.74) is 0. The van der Waals surface area contributed by atoms with Crippen molar-refractivity contribution in [3.05, 3.63) is 0 Å². The fourth-order valence-corrected chi connectivity index (χ4v) is 1.91. The summed E-state index contributed by atoms with van der Waals surface area (Å²) in [7, 11) is 0. The van der Waals surface area contributed by atoms with Gasteiger partial charge >= 0.3 is 0 Å². The van der Waals surface area contributed by atoms with E-state index in [0.717, 1.165) is 0 Å². The van der Waals surface area contributed by atoms with Crippen molar-refractivity contribution in [2.75, 3.05) is 13.2 Å². The molecular weight excluding hydrogens is 196 g/mol. The molecule has 4 heteroatoms. The Labute approximate surface area is 91.2 Å². The van der Waals surface area contributed by atoms with E-state index in [1.54, 1.807) is 0 Å². The van der Waals surface area contributed by atoms with Gasteiger partial charge in [-0.15, -0.1) is 0 Å². The van der Waals surface area contributed by atoms with E-state index < -0.39 is 5.79 Å². The van der Waals surface area contributed by atoms with Gasteiger partial charge in [-0.2, -0.15) is 0 Å². The molecule has 1 aliphatic rings. The fraction of sp³-hybridized carbons (Fsp3) is 1.00. The van der Waals surface area contributed by atoms with Crippen LogP contribution in [0, 0.1) is 11.8 Å². The highest BCUT2D eigenvalue weighted by molar-refractivity contribution is 4.87. The molecule has 4 atom stereocenters. The second-order valence-corrected chi connectivity index (χ2v) is 4.88. The zero-order valence-electron chi connectivity index (χ0n) is 9.93. The van der Waals surface area contributed by atoms with Gasteiger partial charge in [-0.05, 0) is 13.8 Å². The van der Waals surface area contributed by atoms with Crippen LogP contribution in [-0.2, 0) is 9.47 Å². The van der Waals surface area contributed by atoms with Crippen molar-refractivity contribution in [1.82, 2.24) is 0 Å². The topological polar surface area (TPSA) is 58.9 Å². The minimum atomic E-state index is -0.623. The van der Waals surface area contributed by atoms with Crippen molar-refractivity contribution < 1.29 is 19.7 Å². The summed E-state index contributed by atoms with van der Waals surface area (Å²) < 4.78 is 11.5. The van der Waals surface area contributed by atoms with Crippen molar-refractivity contribution in [2.24, 2.45) is 11.8 Å². The van der Waals surface area contributed by atoms with E-state index in [1.807, 2.05) is 27.7 Å². The van der Waals surface area contributed by atoms with Crippen molar-refractivity contribution in [1.29, 1.82) is 0 Å². The van der Waals surface area contributed by atoms with Gasteiger partial charge in [-0.1, -0.05) is 13.8 Å². The van der Waals surface area contributed by atoms with Crippen molar-refractivity contribution in [2.45, 2.75) is 45.7 Å². The third-order valence-corrected chi connectivity index (χ3v) is 2.86. The Kier molecular flexibility index (Phi) is 4.12. The monoisotopic (exact) mass is 218 g/mol. The first-order valence-electron chi connectivity index (χ1n) is 5.48. The first-order valence-corrected chi connectivity index (χ1v) is 5.48. The van der Waals surface area contributed by atoms with Crippen LogP contribution in [0.25, 0.3) is 0 Å². The molecular formula is C11H22O4. The zero-order valence-corrected chi connectivity index (χ0v) is 9.93. The van der Waals surface area contributed by atoms with E-state index in [4.69, 9.17) is 19.7 Å². The highest BCUT2D eigenvalue weighted by Gasteiger charge is 2.45. The van der Waals surface area contributed by atoms with Crippen molar-refractivity contribution in [3.63, 3.8) is 0 Å². The first kappa shape index (κ1) is 12.9. The fourth-order valence-electron chi connectivity index (χ4n) is 1.91. The lowest BCUT2D eigenvalue weighted by atomic mass is 9.93. The van der Waals surface area contributed by atoms with E-state index in [1.165, 1.54) is 0 Å². The SMILES string of the molecule is C[C@@H](CO)[C@@H]1OC(C)(C)O[C@H]1[C@@H](C)CO. The third-order valence-electron chi connectivity index (χ3n) is 2.86. The molecule has 0 amide bonds. The standard InChI is InChI=1S/C11H22O4/c1-7(5-12)9-10(8(2)6-13)15-11(3,4)14-9/h7-10,12-13H,5-6H2,1-4H3/t7-,8-,9-,10-/m0/s1. The second-order valence-electron chi connectivity index (χ2n) is 4.88. The smallest absolute Gasteiger partial charge is 0.163 e. The lowest BCUT2D eigenvalue weighted by Crippen LogP contribution is -2.37. The summed E-state index contributed by atoms with van der Waals surface area (Å²) in [5, 5.41) is 18.3. The number of hydrogen-bond acceptors (Lipinski definition) is 4. The minimum absolute atomic E-state index is 0.0192. The average molecular weight is 218 g/mol. The summed E-state index contributed by atoms with van der Waals surface area (Å²) in [4.78, 5) is 0. The quantitative estimate of drug-likeness (QED) is 0.731. The van der Waals surface area contributed by atoms with Crippen LogP contribution in [0.2, 0.25) is 0 Å². The lowest BCUT2D eigenvalue weighted by Gasteiger charge is -2.25. The Hall–Kier alpha value is -0.160. The maximum atomic E-state index is 9.14. The van der Waals surface area contributed by atoms with Crippen molar-refractivity contribution in [3.8, 4) is 0 Å². The van der Waals surface area contributed by atoms with Gasteiger partial charge in [0, 0.05) is 25.0 Å². The maximum absolute atomic E-state index is 9.14. The molecule has 0 saturated carbocycles. The summed E-state index contributed by atoms with van der Waals surface area (Å²) >= 11 is 0. The highest BCUT2D eigenvalue weighted by atomic mass is 16.8. The second kappa shape index (κ2) is 4.78. The van der Waals surface area contributed by atoms with Crippen LogP contribution >= 0.6 is 0 Å². The van der Waals surface area contributed by atoms with Gasteiger partial charge in [0.05, 0.1) is 12.2 Å². The molecule has 0 aromatic rings. The van der Waals surface area contributed by atoms with Crippen LogP contribution in [0.3, 0.4) is 0 Å². The van der Waals surface area contributed by atoms with Gasteiger partial charge in [-0.3, -0.25) is 0 Å². The Morgan fingerprint density at radius 2 is 1.33 bits per heavy atom. The Morgan fingerprint density at radius 1 is 1.00 bits per heavy atom. The van der Waals surface area contributed by atoms with E-state index in [2.05, 4.69) is 0 Å². The molecule has 0 radical (unpaired) electrons. The molecule has 0 spiro atoms. The number of aliphatic hydroxyl groups excluding tert-OH is 2. The maximum Gasteiger partial charge on any atom is 0.163 e. The van der Waals surface area contributed by atoms with Crippen LogP contribution in [0.5, 0.6) is 0 Å². The van der Waals surface area contributed by atoms with Gasteiger partial charge in [-0.25, -0.2) is 0 Å². The predicted octanol–water partition coefficient (Wildman–Crippen LogP) is 0.763. The van der Waals surface area contributed by atoms with Gasteiger partial charge in [0.15, 0.2) is 5.79 Å². The number of hydrogen-bond donors (Lipinski definition) is 2. The molecule has 0 aromatic carbocycles. The van der Waals surface area contributed by atoms with Gasteiger partial charge in [0.25, 0.3) is 0 Å². The Balaban J connectivity index is 2.74. The van der Waals surface area contributed by atoms with E-state index in [-0.39, 0.29) is 37.3 Å². The van der Waals surface area contributed by atoms with Gasteiger partial charge in [0.1, 0.15) is 0 Å². The number of rotatable bonds is 4. The molecule has 1 fully saturated rings. The molecule has 1 heterocycles. The van der Waals surface area contributed by atoms with E-state index >= 15 is 0 Å². The lowest BCUT2D eigenvalue weighted by molar-refractivity contribution is -0.154. The van der Waals surface area contributed by atoms with Crippen molar-refractivity contribution >= 4 is 0 Å². The van der Waals surface area contributed by atoms with Gasteiger partial charge < -0.3 is 19.7 Å². The number of ether oxygens (including phenoxy) is 2. The molecule has 1 aliphatic heterocycles.